The molecule has 1 amide bonds. The molecule has 0 atom stereocenters. The lowest BCUT2D eigenvalue weighted by Crippen LogP contribution is -3.12. The highest BCUT2D eigenvalue weighted by atomic mass is 35.5. The minimum atomic E-state index is -3.74. The van der Waals surface area contributed by atoms with Gasteiger partial charge >= 0.3 is 0 Å². The number of piperazine rings is 1. The molecule has 0 unspecified atom stereocenters. The number of halogens is 1. The van der Waals surface area contributed by atoms with Crippen molar-refractivity contribution in [3.63, 3.8) is 0 Å². The van der Waals surface area contributed by atoms with Crippen LogP contribution in [0.4, 0.5) is 0 Å². The van der Waals surface area contributed by atoms with Gasteiger partial charge < -0.3 is 9.80 Å². The van der Waals surface area contributed by atoms with Crippen LogP contribution in [0.3, 0.4) is 0 Å². The molecule has 150 valence electrons. The van der Waals surface area contributed by atoms with Gasteiger partial charge in [-0.25, -0.2) is 8.42 Å². The molecule has 3 rings (SSSR count). The van der Waals surface area contributed by atoms with Gasteiger partial charge in [-0.2, -0.15) is 4.31 Å². The number of sulfonamides is 1. The van der Waals surface area contributed by atoms with Gasteiger partial charge in [0.1, 0.15) is 0 Å². The topological polar surface area (TPSA) is 62.1 Å². The van der Waals surface area contributed by atoms with E-state index in [1.807, 2.05) is 0 Å². The Morgan fingerprint density at radius 3 is 2.33 bits per heavy atom. The summed E-state index contributed by atoms with van der Waals surface area (Å²) in [6.45, 7) is 3.10. The highest BCUT2D eigenvalue weighted by Crippen LogP contribution is 2.28. The fraction of sp³-hybridized carbons (Fsp3) is 0.632. The summed E-state index contributed by atoms with van der Waals surface area (Å²) in [4.78, 5) is 16.3. The lowest BCUT2D eigenvalue weighted by Gasteiger charge is -2.36. The van der Waals surface area contributed by atoms with Crippen molar-refractivity contribution in [1.82, 2.24) is 9.21 Å². The Balaban J connectivity index is 1.82. The quantitative estimate of drug-likeness (QED) is 0.782. The SMILES string of the molecule is C[NH+]1CCN(C(=O)CN(C2CCCCC2)S(=O)(=O)c2ccc(Cl)cc2)CC1. The van der Waals surface area contributed by atoms with E-state index in [1.165, 1.54) is 21.3 Å². The van der Waals surface area contributed by atoms with Crippen molar-refractivity contribution < 1.29 is 18.1 Å². The second kappa shape index (κ2) is 8.90. The van der Waals surface area contributed by atoms with Crippen molar-refractivity contribution in [2.24, 2.45) is 0 Å². The molecule has 27 heavy (non-hydrogen) atoms. The normalized spacial score (nSPS) is 20.2. The van der Waals surface area contributed by atoms with Gasteiger partial charge in [-0.1, -0.05) is 30.9 Å². The summed E-state index contributed by atoms with van der Waals surface area (Å²) in [6, 6.07) is 6.10. The molecule has 1 saturated heterocycles. The Morgan fingerprint density at radius 1 is 1.15 bits per heavy atom. The van der Waals surface area contributed by atoms with E-state index in [0.29, 0.717) is 18.1 Å². The van der Waals surface area contributed by atoms with E-state index < -0.39 is 10.0 Å². The van der Waals surface area contributed by atoms with Crippen molar-refractivity contribution in [2.75, 3.05) is 39.8 Å². The molecule has 1 saturated carbocycles. The number of hydrogen-bond donors (Lipinski definition) is 1. The molecule has 1 aromatic rings. The third-order valence-corrected chi connectivity index (χ3v) is 7.83. The second-order valence-corrected chi connectivity index (χ2v) is 9.96. The zero-order valence-corrected chi connectivity index (χ0v) is 17.4. The van der Waals surface area contributed by atoms with Gasteiger partial charge in [0.05, 0.1) is 44.7 Å². The van der Waals surface area contributed by atoms with Gasteiger partial charge in [-0.15, -0.1) is 0 Å². The van der Waals surface area contributed by atoms with Crippen LogP contribution in [0.15, 0.2) is 29.2 Å². The number of nitrogens with zero attached hydrogens (tertiary/aromatic N) is 2. The number of carbonyl (C=O) groups excluding carboxylic acids is 1. The van der Waals surface area contributed by atoms with E-state index in [2.05, 4.69) is 7.05 Å². The van der Waals surface area contributed by atoms with E-state index in [-0.39, 0.29) is 23.4 Å². The molecule has 0 spiro atoms. The fourth-order valence-corrected chi connectivity index (χ4v) is 5.65. The molecule has 1 aliphatic heterocycles. The molecule has 1 aliphatic carbocycles. The minimum Gasteiger partial charge on any atom is -0.334 e. The number of nitrogens with one attached hydrogen (secondary N) is 1. The van der Waals surface area contributed by atoms with Gasteiger partial charge in [-0.3, -0.25) is 4.79 Å². The first-order valence-corrected chi connectivity index (χ1v) is 11.6. The van der Waals surface area contributed by atoms with Gasteiger partial charge in [0.25, 0.3) is 0 Å². The van der Waals surface area contributed by atoms with Gasteiger partial charge in [0, 0.05) is 11.1 Å². The van der Waals surface area contributed by atoms with Crippen molar-refractivity contribution in [3.05, 3.63) is 29.3 Å². The predicted molar refractivity (Wildman–Crippen MR) is 105 cm³/mol. The fourth-order valence-electron chi connectivity index (χ4n) is 3.89. The number of benzene rings is 1. The summed E-state index contributed by atoms with van der Waals surface area (Å²) in [5.41, 5.74) is 0. The largest absolute Gasteiger partial charge is 0.334 e. The third kappa shape index (κ3) is 5.02. The Kier molecular flexibility index (Phi) is 6.78. The molecular formula is C19H29ClN3O3S+. The summed E-state index contributed by atoms with van der Waals surface area (Å²) >= 11 is 5.92. The average Bonchev–Trinajstić information content (AvgIpc) is 2.67. The Hall–Kier alpha value is -1.15. The standard InChI is InChI=1S/C19H28ClN3O3S/c1-21-11-13-22(14-12-21)19(24)15-23(17-5-3-2-4-6-17)27(25,26)18-9-7-16(20)8-10-18/h7-10,17H,2-6,11-15H2,1H3/p+1. The molecule has 0 radical (unpaired) electrons. The Labute approximate surface area is 167 Å². The molecule has 2 aliphatic rings. The molecule has 0 aromatic heterocycles. The molecule has 1 N–H and O–H groups in total. The summed E-state index contributed by atoms with van der Waals surface area (Å²) in [7, 11) is -1.63. The second-order valence-electron chi connectivity index (χ2n) is 7.63. The van der Waals surface area contributed by atoms with Gasteiger partial charge in [-0.05, 0) is 37.1 Å². The maximum atomic E-state index is 13.3. The van der Waals surface area contributed by atoms with Crippen LogP contribution in [0.25, 0.3) is 0 Å². The molecule has 0 bridgehead atoms. The van der Waals surface area contributed by atoms with E-state index in [0.717, 1.165) is 45.2 Å². The number of rotatable bonds is 5. The Morgan fingerprint density at radius 2 is 1.74 bits per heavy atom. The smallest absolute Gasteiger partial charge is 0.243 e. The maximum absolute atomic E-state index is 13.3. The highest BCUT2D eigenvalue weighted by molar-refractivity contribution is 7.89. The lowest BCUT2D eigenvalue weighted by molar-refractivity contribution is -0.883. The summed E-state index contributed by atoms with van der Waals surface area (Å²) < 4.78 is 28.1. The lowest BCUT2D eigenvalue weighted by atomic mass is 9.95. The highest BCUT2D eigenvalue weighted by Gasteiger charge is 2.35. The van der Waals surface area contributed by atoms with E-state index in [9.17, 15) is 13.2 Å². The predicted octanol–water partition coefficient (Wildman–Crippen LogP) is 1.02. The summed E-state index contributed by atoms with van der Waals surface area (Å²) in [5, 5.41) is 0.495. The maximum Gasteiger partial charge on any atom is 0.243 e. The average molecular weight is 415 g/mol. The molecule has 6 nitrogen and oxygen atoms in total. The van der Waals surface area contributed by atoms with E-state index in [1.54, 1.807) is 17.0 Å². The first kappa shape index (κ1) is 20.6. The van der Waals surface area contributed by atoms with Crippen LogP contribution < -0.4 is 4.90 Å². The zero-order valence-electron chi connectivity index (χ0n) is 15.9. The summed E-state index contributed by atoms with van der Waals surface area (Å²) in [5.74, 6) is -0.0920. The summed E-state index contributed by atoms with van der Waals surface area (Å²) in [6.07, 6.45) is 4.76. The van der Waals surface area contributed by atoms with Crippen LogP contribution in [0.1, 0.15) is 32.1 Å². The first-order valence-electron chi connectivity index (χ1n) is 9.74. The molecular weight excluding hydrogens is 386 g/mol. The molecule has 8 heteroatoms. The van der Waals surface area contributed by atoms with Crippen molar-refractivity contribution >= 4 is 27.5 Å². The van der Waals surface area contributed by atoms with Crippen LogP contribution in [0.2, 0.25) is 5.02 Å². The number of hydrogen-bond acceptors (Lipinski definition) is 3. The van der Waals surface area contributed by atoms with Crippen LogP contribution >= 0.6 is 11.6 Å². The monoisotopic (exact) mass is 414 g/mol. The van der Waals surface area contributed by atoms with Crippen molar-refractivity contribution in [2.45, 2.75) is 43.0 Å². The molecule has 2 fully saturated rings. The van der Waals surface area contributed by atoms with Crippen LogP contribution in [-0.2, 0) is 14.8 Å². The van der Waals surface area contributed by atoms with Crippen molar-refractivity contribution in [1.29, 1.82) is 0 Å². The number of likely N-dealkylation sites (N-methyl/N-ethyl adjacent to an activating group) is 1. The van der Waals surface area contributed by atoms with Gasteiger partial charge in [0.15, 0.2) is 0 Å². The van der Waals surface area contributed by atoms with Crippen LogP contribution in [-0.4, -0.2) is 69.3 Å². The number of carbonyl (C=O) groups is 1. The Bertz CT molecular complexity index is 740. The number of amides is 1. The first-order chi connectivity index (χ1) is 12.9. The van der Waals surface area contributed by atoms with Crippen molar-refractivity contribution in [3.8, 4) is 0 Å². The van der Waals surface area contributed by atoms with Gasteiger partial charge in [0.2, 0.25) is 15.9 Å². The molecule has 1 heterocycles. The zero-order chi connectivity index (χ0) is 19.4. The number of quaternary nitrogens is 1. The van der Waals surface area contributed by atoms with E-state index >= 15 is 0 Å². The van der Waals surface area contributed by atoms with Crippen LogP contribution in [0.5, 0.6) is 0 Å². The van der Waals surface area contributed by atoms with Crippen LogP contribution in [0, 0.1) is 0 Å². The van der Waals surface area contributed by atoms with E-state index in [4.69, 9.17) is 11.6 Å². The minimum absolute atomic E-state index is 0.0747. The third-order valence-electron chi connectivity index (χ3n) is 5.66. The molecule has 1 aromatic carbocycles.